The highest BCUT2D eigenvalue weighted by molar-refractivity contribution is 5.81. The average Bonchev–Trinajstić information content (AvgIpc) is 2.35. The van der Waals surface area contributed by atoms with Gasteiger partial charge in [-0.3, -0.25) is 10.2 Å². The first kappa shape index (κ1) is 13.0. The molecule has 5 heteroatoms. The van der Waals surface area contributed by atoms with Gasteiger partial charge in [-0.15, -0.1) is 0 Å². The second-order valence-electron chi connectivity index (χ2n) is 4.29. The van der Waals surface area contributed by atoms with Crippen molar-refractivity contribution in [1.82, 2.24) is 5.43 Å². The molecule has 90 valence electrons. The minimum Gasteiger partial charge on any atom is -0.492 e. The molecule has 0 unspecified atom stereocenters. The highest BCUT2D eigenvalue weighted by atomic mass is 16.5. The van der Waals surface area contributed by atoms with Crippen molar-refractivity contribution < 1.29 is 9.53 Å². The van der Waals surface area contributed by atoms with E-state index in [0.29, 0.717) is 11.3 Å². The van der Waals surface area contributed by atoms with Crippen LogP contribution >= 0.6 is 0 Å². The summed E-state index contributed by atoms with van der Waals surface area (Å²) in [5.41, 5.74) is 1.89. The summed E-state index contributed by atoms with van der Waals surface area (Å²) in [4.78, 5) is 11.4. The van der Waals surface area contributed by atoms with E-state index in [-0.39, 0.29) is 12.5 Å². The molecular weight excluding hydrogens is 218 g/mol. The Balaban J connectivity index is 2.67. The average molecular weight is 233 g/mol. The molecule has 0 saturated heterocycles. The molecule has 0 aliphatic carbocycles. The lowest BCUT2D eigenvalue weighted by Crippen LogP contribution is -2.44. The maximum atomic E-state index is 11.4. The normalized spacial score (nSPS) is 10.5. The smallest absolute Gasteiger partial charge is 0.242 e. The van der Waals surface area contributed by atoms with Crippen LogP contribution in [-0.4, -0.2) is 12.5 Å². The van der Waals surface area contributed by atoms with Gasteiger partial charge in [-0.1, -0.05) is 6.07 Å². The topological polar surface area (TPSA) is 88.1 Å². The second-order valence-corrected chi connectivity index (χ2v) is 4.29. The lowest BCUT2D eigenvalue weighted by molar-refractivity contribution is -0.130. The van der Waals surface area contributed by atoms with E-state index < -0.39 is 5.41 Å². The van der Waals surface area contributed by atoms with Crippen molar-refractivity contribution in [2.24, 2.45) is 11.3 Å². The predicted molar refractivity (Wildman–Crippen MR) is 62.8 cm³/mol. The summed E-state index contributed by atoms with van der Waals surface area (Å²) in [5.74, 6) is 5.33. The van der Waals surface area contributed by atoms with Crippen LogP contribution in [0.2, 0.25) is 0 Å². The number of benzene rings is 1. The minimum absolute atomic E-state index is 0.185. The van der Waals surface area contributed by atoms with Crippen LogP contribution < -0.4 is 16.0 Å². The number of rotatable bonds is 4. The Kier molecular flexibility index (Phi) is 4.07. The van der Waals surface area contributed by atoms with E-state index >= 15 is 0 Å². The summed E-state index contributed by atoms with van der Waals surface area (Å²) in [6.45, 7) is 3.64. The molecule has 1 aromatic rings. The number of amides is 1. The maximum Gasteiger partial charge on any atom is 0.242 e. The second kappa shape index (κ2) is 5.32. The summed E-state index contributed by atoms with van der Waals surface area (Å²) in [6, 6.07) is 8.79. The molecule has 0 bridgehead atoms. The molecule has 0 atom stereocenters. The SMILES string of the molecule is CC(C)(COc1cccc(C#N)c1)C(=O)NN. The maximum absolute atomic E-state index is 11.4. The van der Waals surface area contributed by atoms with E-state index in [1.807, 2.05) is 6.07 Å². The van der Waals surface area contributed by atoms with Gasteiger partial charge in [-0.2, -0.15) is 5.26 Å². The molecule has 0 saturated carbocycles. The van der Waals surface area contributed by atoms with Gasteiger partial charge in [0.15, 0.2) is 0 Å². The van der Waals surface area contributed by atoms with Gasteiger partial charge in [-0.05, 0) is 32.0 Å². The number of carbonyl (C=O) groups excluding carboxylic acids is 1. The van der Waals surface area contributed by atoms with Crippen molar-refractivity contribution in [3.05, 3.63) is 29.8 Å². The fourth-order valence-corrected chi connectivity index (χ4v) is 1.18. The van der Waals surface area contributed by atoms with Gasteiger partial charge in [0.05, 0.1) is 17.0 Å². The number of hydrogen-bond donors (Lipinski definition) is 2. The van der Waals surface area contributed by atoms with Crippen molar-refractivity contribution in [2.75, 3.05) is 6.61 Å². The molecule has 5 nitrogen and oxygen atoms in total. The predicted octanol–water partition coefficient (Wildman–Crippen LogP) is 0.953. The molecule has 1 aromatic carbocycles. The van der Waals surface area contributed by atoms with Gasteiger partial charge in [0.2, 0.25) is 5.91 Å². The van der Waals surface area contributed by atoms with Crippen LogP contribution in [0.15, 0.2) is 24.3 Å². The third-order valence-electron chi connectivity index (χ3n) is 2.31. The Morgan fingerprint density at radius 2 is 2.29 bits per heavy atom. The molecule has 0 heterocycles. The Morgan fingerprint density at radius 1 is 1.59 bits per heavy atom. The van der Waals surface area contributed by atoms with Gasteiger partial charge in [-0.25, -0.2) is 5.84 Å². The molecule has 0 fully saturated rings. The monoisotopic (exact) mass is 233 g/mol. The van der Waals surface area contributed by atoms with E-state index in [2.05, 4.69) is 5.43 Å². The van der Waals surface area contributed by atoms with E-state index in [1.165, 1.54) is 0 Å². The lowest BCUT2D eigenvalue weighted by Gasteiger charge is -2.22. The van der Waals surface area contributed by atoms with Crippen molar-refractivity contribution in [1.29, 1.82) is 5.26 Å². The molecule has 0 radical (unpaired) electrons. The summed E-state index contributed by atoms with van der Waals surface area (Å²) in [7, 11) is 0. The van der Waals surface area contributed by atoms with Gasteiger partial charge < -0.3 is 4.74 Å². The number of nitriles is 1. The number of hydrazine groups is 1. The molecule has 0 aromatic heterocycles. The number of hydrogen-bond acceptors (Lipinski definition) is 4. The largest absolute Gasteiger partial charge is 0.492 e. The quantitative estimate of drug-likeness (QED) is 0.460. The Hall–Kier alpha value is -2.06. The summed E-state index contributed by atoms with van der Waals surface area (Å²) in [5, 5.41) is 8.73. The van der Waals surface area contributed by atoms with Crippen molar-refractivity contribution in [3.8, 4) is 11.8 Å². The van der Waals surface area contributed by atoms with E-state index in [9.17, 15) is 4.79 Å². The Labute approximate surface area is 100 Å². The van der Waals surface area contributed by atoms with E-state index in [4.69, 9.17) is 15.8 Å². The molecule has 17 heavy (non-hydrogen) atoms. The van der Waals surface area contributed by atoms with Gasteiger partial charge >= 0.3 is 0 Å². The molecule has 1 amide bonds. The highest BCUT2D eigenvalue weighted by Crippen LogP contribution is 2.19. The van der Waals surface area contributed by atoms with Crippen LogP contribution in [0, 0.1) is 16.7 Å². The van der Waals surface area contributed by atoms with Crippen molar-refractivity contribution >= 4 is 5.91 Å². The first-order valence-corrected chi connectivity index (χ1v) is 5.13. The first-order valence-electron chi connectivity index (χ1n) is 5.13. The van der Waals surface area contributed by atoms with Crippen LogP contribution in [0.1, 0.15) is 19.4 Å². The minimum atomic E-state index is -0.725. The van der Waals surface area contributed by atoms with Crippen LogP contribution in [0.4, 0.5) is 0 Å². The van der Waals surface area contributed by atoms with E-state index in [0.717, 1.165) is 0 Å². The molecule has 1 rings (SSSR count). The zero-order valence-corrected chi connectivity index (χ0v) is 9.86. The number of nitrogens with two attached hydrogens (primary N) is 1. The Bertz CT molecular complexity index is 449. The number of nitrogens with zero attached hydrogens (tertiary/aromatic N) is 1. The summed E-state index contributed by atoms with van der Waals surface area (Å²) in [6.07, 6.45) is 0. The third kappa shape index (κ3) is 3.47. The standard InChI is InChI=1S/C12H15N3O2/c1-12(2,11(16)15-14)8-17-10-5-3-4-9(6-10)7-13/h3-6H,8,14H2,1-2H3,(H,15,16). The van der Waals surface area contributed by atoms with Crippen molar-refractivity contribution in [2.45, 2.75) is 13.8 Å². The highest BCUT2D eigenvalue weighted by Gasteiger charge is 2.27. The number of carbonyl (C=O) groups is 1. The number of ether oxygens (including phenoxy) is 1. The molecule has 3 N–H and O–H groups in total. The van der Waals surface area contributed by atoms with Gasteiger partial charge in [0, 0.05) is 0 Å². The summed E-state index contributed by atoms with van der Waals surface area (Å²) >= 11 is 0. The Morgan fingerprint density at radius 3 is 2.88 bits per heavy atom. The fraction of sp³-hybridized carbons (Fsp3) is 0.333. The first-order chi connectivity index (χ1) is 7.99. The summed E-state index contributed by atoms with van der Waals surface area (Å²) < 4.78 is 5.47. The fourth-order valence-electron chi connectivity index (χ4n) is 1.18. The lowest BCUT2D eigenvalue weighted by atomic mass is 9.94. The number of nitrogens with one attached hydrogen (secondary N) is 1. The van der Waals surface area contributed by atoms with E-state index in [1.54, 1.807) is 38.1 Å². The van der Waals surface area contributed by atoms with Crippen LogP contribution in [0.5, 0.6) is 5.75 Å². The third-order valence-corrected chi connectivity index (χ3v) is 2.31. The van der Waals surface area contributed by atoms with Crippen LogP contribution in [0.3, 0.4) is 0 Å². The molecule has 0 aliphatic heterocycles. The molecular formula is C12H15N3O2. The van der Waals surface area contributed by atoms with Gasteiger partial charge in [0.1, 0.15) is 12.4 Å². The zero-order valence-electron chi connectivity index (χ0n) is 9.86. The van der Waals surface area contributed by atoms with Crippen molar-refractivity contribution in [3.63, 3.8) is 0 Å². The molecule has 0 aliphatic rings. The molecule has 0 spiro atoms. The zero-order chi connectivity index (χ0) is 12.9. The van der Waals surface area contributed by atoms with Crippen LogP contribution in [0.25, 0.3) is 0 Å². The van der Waals surface area contributed by atoms with Gasteiger partial charge in [0.25, 0.3) is 0 Å². The van der Waals surface area contributed by atoms with Crippen LogP contribution in [-0.2, 0) is 4.79 Å².